The number of hydrogen-bond donors (Lipinski definition) is 3. The van der Waals surface area contributed by atoms with Crippen LogP contribution in [0.1, 0.15) is 0 Å². The van der Waals surface area contributed by atoms with Crippen molar-refractivity contribution in [3.63, 3.8) is 0 Å². The van der Waals surface area contributed by atoms with Gasteiger partial charge in [-0.1, -0.05) is 11.2 Å². The highest BCUT2D eigenvalue weighted by Crippen LogP contribution is 2.12. The van der Waals surface area contributed by atoms with Gasteiger partial charge in [-0.05, 0) is 40.8 Å². The third-order valence-electron chi connectivity index (χ3n) is 2.12. The summed E-state index contributed by atoms with van der Waals surface area (Å²) in [5.41, 5.74) is 6.76. The van der Waals surface area contributed by atoms with Crippen molar-refractivity contribution in [1.82, 2.24) is 0 Å². The molecule has 0 radical (unpaired) electrons. The number of halogens is 1. The highest BCUT2D eigenvalue weighted by molar-refractivity contribution is 14.1. The van der Waals surface area contributed by atoms with E-state index in [4.69, 9.17) is 10.9 Å². The van der Waals surface area contributed by atoms with E-state index in [1.165, 1.54) is 0 Å². The van der Waals surface area contributed by atoms with Crippen LogP contribution in [0.2, 0.25) is 0 Å². The van der Waals surface area contributed by atoms with Crippen LogP contribution in [-0.4, -0.2) is 36.7 Å². The molecule has 6 nitrogen and oxygen atoms in total. The summed E-state index contributed by atoms with van der Waals surface area (Å²) in [5, 5.41) is 15.1. The first-order valence-corrected chi connectivity index (χ1v) is 6.14. The average molecular weight is 359 g/mol. The quantitative estimate of drug-likeness (QED) is 0.251. The predicted molar refractivity (Wildman–Crippen MR) is 82.9 cm³/mol. The zero-order chi connectivity index (χ0) is 13.5. The first kappa shape index (κ1) is 14.4. The van der Waals surface area contributed by atoms with Crippen molar-refractivity contribution in [2.24, 2.45) is 20.9 Å². The molecule has 0 aliphatic rings. The molecular weight excluding hydrogens is 345 g/mol. The molecule has 0 aliphatic heterocycles. The Morgan fingerprint density at radius 1 is 1.33 bits per heavy atom. The molecule has 0 unspecified atom stereocenters. The van der Waals surface area contributed by atoms with E-state index in [0.29, 0.717) is 5.71 Å². The Bertz CT molecular complexity index is 510. The third kappa shape index (κ3) is 3.69. The van der Waals surface area contributed by atoms with Crippen molar-refractivity contribution in [2.45, 2.75) is 0 Å². The van der Waals surface area contributed by atoms with Crippen LogP contribution >= 0.6 is 22.6 Å². The minimum absolute atomic E-state index is 0.155. The van der Waals surface area contributed by atoms with Gasteiger partial charge in [-0.3, -0.25) is 9.98 Å². The normalized spacial score (nSPS) is 13.6. The second-order valence-electron chi connectivity index (χ2n) is 3.27. The molecule has 0 aliphatic carbocycles. The second-order valence-corrected chi connectivity index (χ2v) is 4.51. The summed E-state index contributed by atoms with van der Waals surface area (Å²) in [6.07, 6.45) is 0. The van der Waals surface area contributed by atoms with Crippen LogP contribution in [0.3, 0.4) is 0 Å². The molecule has 0 saturated heterocycles. The van der Waals surface area contributed by atoms with E-state index in [-0.39, 0.29) is 11.7 Å². The summed E-state index contributed by atoms with van der Waals surface area (Å²) in [4.78, 5) is 7.77. The molecule has 1 aromatic carbocycles. The third-order valence-corrected chi connectivity index (χ3v) is 2.79. The number of amidine groups is 2. The number of hydrogen-bond acceptors (Lipinski definition) is 4. The van der Waals surface area contributed by atoms with Gasteiger partial charge in [0.2, 0.25) is 0 Å². The molecule has 96 valence electrons. The number of nitrogens with two attached hydrogens (primary N) is 1. The van der Waals surface area contributed by atoms with E-state index in [2.05, 4.69) is 43.0 Å². The van der Waals surface area contributed by atoms with Crippen LogP contribution < -0.4 is 11.1 Å². The molecular formula is C11H14IN5O. The second kappa shape index (κ2) is 6.94. The average Bonchev–Trinajstić information content (AvgIpc) is 2.38. The number of nitrogens with one attached hydrogen (secondary N) is 1. The summed E-state index contributed by atoms with van der Waals surface area (Å²) < 4.78 is 1.06. The molecule has 0 atom stereocenters. The molecule has 0 heterocycles. The van der Waals surface area contributed by atoms with Gasteiger partial charge in [-0.2, -0.15) is 0 Å². The first-order chi connectivity index (χ1) is 8.62. The summed E-state index contributed by atoms with van der Waals surface area (Å²) in [5.74, 6) is 0.353. The van der Waals surface area contributed by atoms with Gasteiger partial charge >= 0.3 is 0 Å². The Balaban J connectivity index is 3.00. The van der Waals surface area contributed by atoms with Gasteiger partial charge in [0.25, 0.3) is 0 Å². The fourth-order valence-electron chi connectivity index (χ4n) is 1.28. The number of rotatable bonds is 3. The molecule has 0 bridgehead atoms. The lowest BCUT2D eigenvalue weighted by molar-refractivity contribution is 0.320. The number of oxime groups is 1. The Morgan fingerprint density at radius 3 is 2.56 bits per heavy atom. The molecule has 1 rings (SSSR count). The van der Waals surface area contributed by atoms with Gasteiger partial charge < -0.3 is 16.3 Å². The Morgan fingerprint density at radius 2 is 2.06 bits per heavy atom. The van der Waals surface area contributed by atoms with E-state index in [1.54, 1.807) is 14.1 Å². The summed E-state index contributed by atoms with van der Waals surface area (Å²) in [6.45, 7) is 0. The van der Waals surface area contributed by atoms with Crippen LogP contribution in [0.5, 0.6) is 0 Å². The fourth-order valence-corrected chi connectivity index (χ4v) is 1.83. The first-order valence-electron chi connectivity index (χ1n) is 5.06. The zero-order valence-electron chi connectivity index (χ0n) is 10.1. The molecule has 0 amide bonds. The van der Waals surface area contributed by atoms with E-state index >= 15 is 0 Å². The van der Waals surface area contributed by atoms with Crippen LogP contribution in [0.4, 0.5) is 5.69 Å². The fraction of sp³-hybridized carbons (Fsp3) is 0.182. The van der Waals surface area contributed by atoms with E-state index < -0.39 is 0 Å². The highest BCUT2D eigenvalue weighted by atomic mass is 127. The number of aliphatic imine (C=N–C) groups is 2. The molecule has 4 N–H and O–H groups in total. The summed E-state index contributed by atoms with van der Waals surface area (Å²) >= 11 is 2.19. The smallest absolute Gasteiger partial charge is 0.199 e. The van der Waals surface area contributed by atoms with Crippen molar-refractivity contribution in [3.05, 3.63) is 27.8 Å². The predicted octanol–water partition coefficient (Wildman–Crippen LogP) is 1.55. The summed E-state index contributed by atoms with van der Waals surface area (Å²) in [7, 11) is 3.09. The van der Waals surface area contributed by atoms with Crippen LogP contribution in [-0.2, 0) is 0 Å². The monoisotopic (exact) mass is 359 g/mol. The van der Waals surface area contributed by atoms with Crippen LogP contribution in [0.25, 0.3) is 0 Å². The van der Waals surface area contributed by atoms with Crippen molar-refractivity contribution in [3.8, 4) is 0 Å². The lowest BCUT2D eigenvalue weighted by Gasteiger charge is -2.10. The summed E-state index contributed by atoms with van der Waals surface area (Å²) in [6, 6.07) is 7.59. The minimum atomic E-state index is 0.155. The van der Waals surface area contributed by atoms with Gasteiger partial charge in [0, 0.05) is 23.4 Å². The number of nitrogens with zero attached hydrogens (tertiary/aromatic N) is 3. The Hall–Kier alpha value is -1.64. The standard InChI is InChI=1S/C11H14IN5O/c1-14-9(10(13)15-2)11(17-18)16-8-5-3-4-7(12)6-8/h3-6,18H,1-2H3,(H2,13,15)(H,16,17)/b14-9+. The van der Waals surface area contributed by atoms with Crippen molar-refractivity contribution in [2.75, 3.05) is 19.4 Å². The van der Waals surface area contributed by atoms with Crippen molar-refractivity contribution in [1.29, 1.82) is 0 Å². The highest BCUT2D eigenvalue weighted by Gasteiger charge is 2.13. The topological polar surface area (TPSA) is 95.4 Å². The largest absolute Gasteiger partial charge is 0.409 e. The van der Waals surface area contributed by atoms with Crippen molar-refractivity contribution < 1.29 is 5.21 Å². The molecule has 18 heavy (non-hydrogen) atoms. The molecule has 0 saturated carbocycles. The minimum Gasteiger partial charge on any atom is -0.409 e. The van der Waals surface area contributed by atoms with Gasteiger partial charge in [-0.15, -0.1) is 0 Å². The number of anilines is 1. The van der Waals surface area contributed by atoms with E-state index in [0.717, 1.165) is 9.26 Å². The van der Waals surface area contributed by atoms with Crippen LogP contribution in [0, 0.1) is 3.57 Å². The maximum absolute atomic E-state index is 9.03. The molecule has 7 heteroatoms. The lowest BCUT2D eigenvalue weighted by Crippen LogP contribution is -2.35. The van der Waals surface area contributed by atoms with Crippen LogP contribution in [0.15, 0.2) is 39.4 Å². The SMILES string of the molecule is C/N=C(N)\C(=N/C)C(=NO)Nc1cccc(I)c1. The molecule has 0 fully saturated rings. The van der Waals surface area contributed by atoms with Gasteiger partial charge in [-0.25, -0.2) is 0 Å². The molecule has 0 aromatic heterocycles. The van der Waals surface area contributed by atoms with Gasteiger partial charge in [0.05, 0.1) is 0 Å². The molecule has 1 aromatic rings. The maximum Gasteiger partial charge on any atom is 0.199 e. The lowest BCUT2D eigenvalue weighted by atomic mass is 10.2. The zero-order valence-corrected chi connectivity index (χ0v) is 12.2. The Labute approximate surface area is 119 Å². The van der Waals surface area contributed by atoms with E-state index in [9.17, 15) is 0 Å². The number of benzene rings is 1. The van der Waals surface area contributed by atoms with Crippen molar-refractivity contribution >= 4 is 45.7 Å². The van der Waals surface area contributed by atoms with Gasteiger partial charge in [0.1, 0.15) is 11.5 Å². The Kier molecular flexibility index (Phi) is 5.56. The van der Waals surface area contributed by atoms with E-state index in [1.807, 2.05) is 24.3 Å². The van der Waals surface area contributed by atoms with Gasteiger partial charge in [0.15, 0.2) is 5.84 Å². The maximum atomic E-state index is 9.03. The molecule has 0 spiro atoms.